The largest absolute Gasteiger partial charge is 0.496 e. The van der Waals surface area contributed by atoms with Gasteiger partial charge in [-0.05, 0) is 49.2 Å². The van der Waals surface area contributed by atoms with Crippen molar-refractivity contribution in [2.24, 2.45) is 0 Å². The lowest BCUT2D eigenvalue weighted by molar-refractivity contribution is 0.410. The lowest BCUT2D eigenvalue weighted by Gasteiger charge is -2.14. The van der Waals surface area contributed by atoms with Crippen LogP contribution in [0, 0.1) is 19.7 Å². The van der Waals surface area contributed by atoms with Crippen molar-refractivity contribution in [2.45, 2.75) is 18.7 Å². The Morgan fingerprint density at radius 2 is 1.64 bits per heavy atom. The highest BCUT2D eigenvalue weighted by atomic mass is 32.2. The quantitative estimate of drug-likeness (QED) is 0.673. The molecular weight excluding hydrogens is 385 g/mol. The van der Waals surface area contributed by atoms with Crippen LogP contribution in [0.5, 0.6) is 17.5 Å². The minimum Gasteiger partial charge on any atom is -0.496 e. The van der Waals surface area contributed by atoms with Gasteiger partial charge in [-0.1, -0.05) is 12.1 Å². The van der Waals surface area contributed by atoms with E-state index in [1.54, 1.807) is 26.0 Å². The summed E-state index contributed by atoms with van der Waals surface area (Å²) in [6.45, 7) is 3.49. The normalized spacial score (nSPS) is 11.1. The van der Waals surface area contributed by atoms with Crippen LogP contribution in [-0.2, 0) is 10.0 Å². The third-order valence-electron chi connectivity index (χ3n) is 4.12. The van der Waals surface area contributed by atoms with Gasteiger partial charge < -0.3 is 9.47 Å². The van der Waals surface area contributed by atoms with Crippen molar-refractivity contribution in [3.05, 3.63) is 65.7 Å². The van der Waals surface area contributed by atoms with E-state index in [4.69, 9.17) is 9.47 Å². The van der Waals surface area contributed by atoms with E-state index in [0.29, 0.717) is 11.3 Å². The Hall–Kier alpha value is -3.20. The third kappa shape index (κ3) is 4.04. The van der Waals surface area contributed by atoms with Gasteiger partial charge >= 0.3 is 6.01 Å². The molecule has 0 amide bonds. The minimum absolute atomic E-state index is 0.0276. The van der Waals surface area contributed by atoms with Crippen molar-refractivity contribution in [3.63, 3.8) is 0 Å². The zero-order valence-corrected chi connectivity index (χ0v) is 16.2. The van der Waals surface area contributed by atoms with E-state index in [1.165, 1.54) is 43.8 Å². The van der Waals surface area contributed by atoms with Gasteiger partial charge in [0.1, 0.15) is 5.75 Å². The lowest BCUT2D eigenvalue weighted by atomic mass is 10.1. The lowest BCUT2D eigenvalue weighted by Crippen LogP contribution is -2.15. The Kier molecular flexibility index (Phi) is 5.46. The van der Waals surface area contributed by atoms with Crippen LogP contribution in [0.2, 0.25) is 0 Å². The number of anilines is 1. The Bertz CT molecular complexity index is 1100. The molecule has 0 bridgehead atoms. The molecule has 1 aromatic heterocycles. The predicted molar refractivity (Wildman–Crippen MR) is 102 cm³/mol. The second kappa shape index (κ2) is 7.81. The van der Waals surface area contributed by atoms with Gasteiger partial charge in [0, 0.05) is 0 Å². The van der Waals surface area contributed by atoms with Gasteiger partial charge in [0.05, 0.1) is 30.1 Å². The van der Waals surface area contributed by atoms with Gasteiger partial charge in [-0.25, -0.2) is 22.8 Å². The molecule has 3 aromatic rings. The fourth-order valence-corrected chi connectivity index (χ4v) is 3.87. The van der Waals surface area contributed by atoms with E-state index in [0.717, 1.165) is 5.56 Å². The average molecular weight is 403 g/mol. The summed E-state index contributed by atoms with van der Waals surface area (Å²) in [5.74, 6) is 0.0239. The molecule has 146 valence electrons. The molecule has 7 nitrogen and oxygen atoms in total. The van der Waals surface area contributed by atoms with Crippen molar-refractivity contribution in [1.82, 2.24) is 9.97 Å². The van der Waals surface area contributed by atoms with Crippen LogP contribution in [0.25, 0.3) is 0 Å². The van der Waals surface area contributed by atoms with Crippen molar-refractivity contribution < 1.29 is 22.3 Å². The van der Waals surface area contributed by atoms with Crippen LogP contribution >= 0.6 is 0 Å². The number of benzene rings is 2. The number of hydrogen-bond donors (Lipinski definition) is 1. The molecule has 28 heavy (non-hydrogen) atoms. The van der Waals surface area contributed by atoms with Gasteiger partial charge in [0.25, 0.3) is 10.0 Å². The van der Waals surface area contributed by atoms with E-state index in [2.05, 4.69) is 14.7 Å². The van der Waals surface area contributed by atoms with Crippen molar-refractivity contribution in [2.75, 3.05) is 11.8 Å². The second-order valence-electron chi connectivity index (χ2n) is 5.91. The molecule has 0 aliphatic carbocycles. The van der Waals surface area contributed by atoms with E-state index in [1.807, 2.05) is 0 Å². The molecule has 0 atom stereocenters. The number of nitrogens with one attached hydrogen (secondary N) is 1. The first-order chi connectivity index (χ1) is 13.3. The highest BCUT2D eigenvalue weighted by molar-refractivity contribution is 7.92. The standard InChI is InChI=1S/C19H18FN3O4S/c1-12-13(2)18(9-8-16(12)26-3)28(24,25)23-14-10-21-19(22-11-14)27-17-7-5-4-6-15(17)20/h4-11,23H,1-3H3. The number of nitrogens with zero attached hydrogens (tertiary/aromatic N) is 2. The summed E-state index contributed by atoms with van der Waals surface area (Å²) in [7, 11) is -2.33. The highest BCUT2D eigenvalue weighted by Crippen LogP contribution is 2.28. The maximum Gasteiger partial charge on any atom is 0.322 e. The first-order valence-electron chi connectivity index (χ1n) is 8.23. The molecule has 1 N–H and O–H groups in total. The van der Waals surface area contributed by atoms with Crippen LogP contribution < -0.4 is 14.2 Å². The number of methoxy groups -OCH3 is 1. The van der Waals surface area contributed by atoms with Crippen molar-refractivity contribution in [3.8, 4) is 17.5 Å². The summed E-state index contributed by atoms with van der Waals surface area (Å²) in [5, 5.41) is 0. The topological polar surface area (TPSA) is 90.4 Å². The zero-order valence-electron chi connectivity index (χ0n) is 15.4. The van der Waals surface area contributed by atoms with Crippen molar-refractivity contribution >= 4 is 15.7 Å². The summed E-state index contributed by atoms with van der Waals surface area (Å²) < 4.78 is 51.9. The third-order valence-corrected chi connectivity index (χ3v) is 5.64. The summed E-state index contributed by atoms with van der Waals surface area (Å²) >= 11 is 0. The molecule has 2 aromatic carbocycles. The summed E-state index contributed by atoms with van der Waals surface area (Å²) in [5.41, 5.74) is 1.45. The molecule has 0 aliphatic rings. The molecule has 0 unspecified atom stereocenters. The molecule has 0 radical (unpaired) electrons. The number of rotatable bonds is 6. The molecule has 0 fully saturated rings. The first-order valence-corrected chi connectivity index (χ1v) is 9.71. The van der Waals surface area contributed by atoms with Crippen molar-refractivity contribution in [1.29, 1.82) is 0 Å². The summed E-state index contributed by atoms with van der Waals surface area (Å²) in [6, 6.07) is 8.79. The summed E-state index contributed by atoms with van der Waals surface area (Å²) in [6.07, 6.45) is 2.49. The number of halogens is 1. The van der Waals surface area contributed by atoms with Gasteiger partial charge in [-0.3, -0.25) is 4.72 Å². The maximum atomic E-state index is 13.6. The summed E-state index contributed by atoms with van der Waals surface area (Å²) in [4.78, 5) is 7.95. The van der Waals surface area contributed by atoms with E-state index in [9.17, 15) is 12.8 Å². The molecule has 0 spiro atoms. The van der Waals surface area contributed by atoms with Gasteiger partial charge in [0.15, 0.2) is 11.6 Å². The smallest absolute Gasteiger partial charge is 0.322 e. The molecule has 3 rings (SSSR count). The molecule has 0 aliphatic heterocycles. The number of para-hydroxylation sites is 1. The molecule has 1 heterocycles. The molecule has 0 saturated carbocycles. The Labute approximate surface area is 162 Å². The van der Waals surface area contributed by atoms with E-state index < -0.39 is 15.8 Å². The van der Waals surface area contributed by atoms with Crippen LogP contribution in [0.3, 0.4) is 0 Å². The predicted octanol–water partition coefficient (Wildman–Crippen LogP) is 3.83. The van der Waals surface area contributed by atoms with Crippen LogP contribution in [0.15, 0.2) is 53.7 Å². The fourth-order valence-electron chi connectivity index (χ4n) is 2.54. The molecule has 9 heteroatoms. The highest BCUT2D eigenvalue weighted by Gasteiger charge is 2.20. The number of hydrogen-bond acceptors (Lipinski definition) is 6. The SMILES string of the molecule is COc1ccc(S(=O)(=O)Nc2cnc(Oc3ccccc3F)nc2)c(C)c1C. The van der Waals surface area contributed by atoms with E-state index >= 15 is 0 Å². The maximum absolute atomic E-state index is 13.6. The van der Waals surface area contributed by atoms with Crippen LogP contribution in [0.1, 0.15) is 11.1 Å². The van der Waals surface area contributed by atoms with Gasteiger partial charge in [-0.15, -0.1) is 0 Å². The number of ether oxygens (including phenoxy) is 2. The second-order valence-corrected chi connectivity index (χ2v) is 7.56. The molecule has 0 saturated heterocycles. The minimum atomic E-state index is -3.86. The van der Waals surface area contributed by atoms with Crippen LogP contribution in [-0.4, -0.2) is 25.5 Å². The monoisotopic (exact) mass is 403 g/mol. The van der Waals surface area contributed by atoms with Crippen LogP contribution in [0.4, 0.5) is 10.1 Å². The first kappa shape index (κ1) is 19.6. The number of aromatic nitrogens is 2. The average Bonchev–Trinajstić information content (AvgIpc) is 2.67. The Morgan fingerprint density at radius 3 is 2.29 bits per heavy atom. The van der Waals surface area contributed by atoms with Gasteiger partial charge in [-0.2, -0.15) is 0 Å². The molecular formula is C19H18FN3O4S. The Balaban J connectivity index is 1.80. The van der Waals surface area contributed by atoms with E-state index in [-0.39, 0.29) is 22.3 Å². The number of sulfonamides is 1. The zero-order chi connectivity index (χ0) is 20.3. The fraction of sp³-hybridized carbons (Fsp3) is 0.158. The van der Waals surface area contributed by atoms with Gasteiger partial charge in [0.2, 0.25) is 0 Å². The Morgan fingerprint density at radius 1 is 0.964 bits per heavy atom.